The third-order valence-corrected chi connectivity index (χ3v) is 4.07. The lowest BCUT2D eigenvalue weighted by Gasteiger charge is -2.32. The standard InChI is InChI=1S/C13H23N3O2/c1-9-5-7-13(14,8-6-9)11-15-10(16-18-11)12(2,3)17-4/h9H,5-8,14H2,1-4H3. The molecule has 5 nitrogen and oxygen atoms in total. The highest BCUT2D eigenvalue weighted by atomic mass is 16.5. The Morgan fingerprint density at radius 2 is 2.00 bits per heavy atom. The zero-order valence-corrected chi connectivity index (χ0v) is 11.7. The van der Waals surface area contributed by atoms with Crippen LogP contribution in [-0.4, -0.2) is 17.3 Å². The number of rotatable bonds is 3. The second-order valence-corrected chi connectivity index (χ2v) is 5.98. The van der Waals surface area contributed by atoms with Crippen LogP contribution in [0.1, 0.15) is 58.2 Å². The minimum Gasteiger partial charge on any atom is -0.371 e. The summed E-state index contributed by atoms with van der Waals surface area (Å²) in [5.74, 6) is 1.84. The van der Waals surface area contributed by atoms with Crippen LogP contribution >= 0.6 is 0 Å². The number of ether oxygens (including phenoxy) is 1. The fourth-order valence-corrected chi connectivity index (χ4v) is 2.25. The van der Waals surface area contributed by atoms with E-state index in [2.05, 4.69) is 17.1 Å². The van der Waals surface area contributed by atoms with Crippen LogP contribution in [0.2, 0.25) is 0 Å². The summed E-state index contributed by atoms with van der Waals surface area (Å²) in [6.45, 7) is 6.08. The van der Waals surface area contributed by atoms with E-state index in [1.54, 1.807) is 7.11 Å². The maximum Gasteiger partial charge on any atom is 0.246 e. The van der Waals surface area contributed by atoms with Crippen LogP contribution in [0.3, 0.4) is 0 Å². The van der Waals surface area contributed by atoms with Gasteiger partial charge in [-0.2, -0.15) is 4.98 Å². The molecule has 1 aliphatic carbocycles. The van der Waals surface area contributed by atoms with E-state index in [-0.39, 0.29) is 0 Å². The smallest absolute Gasteiger partial charge is 0.246 e. The minimum atomic E-state index is -0.542. The Hall–Kier alpha value is -0.940. The van der Waals surface area contributed by atoms with Gasteiger partial charge in [-0.1, -0.05) is 12.1 Å². The van der Waals surface area contributed by atoms with Gasteiger partial charge in [-0.3, -0.25) is 0 Å². The molecule has 0 bridgehead atoms. The average molecular weight is 253 g/mol. The fourth-order valence-electron chi connectivity index (χ4n) is 2.25. The van der Waals surface area contributed by atoms with Gasteiger partial charge in [0.2, 0.25) is 11.7 Å². The lowest BCUT2D eigenvalue weighted by atomic mass is 9.78. The minimum absolute atomic E-state index is 0.457. The number of methoxy groups -OCH3 is 1. The van der Waals surface area contributed by atoms with Crippen molar-refractivity contribution >= 4 is 0 Å². The number of nitrogens with zero attached hydrogens (tertiary/aromatic N) is 2. The first-order chi connectivity index (χ1) is 8.37. The molecule has 0 aliphatic heterocycles. The van der Waals surface area contributed by atoms with Gasteiger partial charge in [-0.15, -0.1) is 0 Å². The second-order valence-electron chi connectivity index (χ2n) is 5.98. The Kier molecular flexibility index (Phi) is 3.47. The molecule has 0 saturated heterocycles. The fraction of sp³-hybridized carbons (Fsp3) is 0.846. The molecule has 0 unspecified atom stereocenters. The topological polar surface area (TPSA) is 74.2 Å². The Morgan fingerprint density at radius 1 is 1.39 bits per heavy atom. The van der Waals surface area contributed by atoms with Crippen molar-refractivity contribution in [1.29, 1.82) is 0 Å². The van der Waals surface area contributed by atoms with Crippen LogP contribution in [0.4, 0.5) is 0 Å². The lowest BCUT2D eigenvalue weighted by molar-refractivity contribution is 0.00973. The predicted octanol–water partition coefficient (Wildman–Crippen LogP) is 2.32. The third-order valence-electron chi connectivity index (χ3n) is 4.07. The molecule has 1 saturated carbocycles. The largest absolute Gasteiger partial charge is 0.371 e. The lowest BCUT2D eigenvalue weighted by Crippen LogP contribution is -2.40. The Labute approximate surface area is 108 Å². The molecule has 2 N–H and O–H groups in total. The Balaban J connectivity index is 2.20. The number of aromatic nitrogens is 2. The van der Waals surface area contributed by atoms with Gasteiger partial charge in [0.1, 0.15) is 5.60 Å². The Morgan fingerprint density at radius 3 is 2.56 bits per heavy atom. The molecule has 1 aromatic heterocycles. The summed E-state index contributed by atoms with van der Waals surface area (Å²) in [5, 5.41) is 4.01. The van der Waals surface area contributed by atoms with Crippen LogP contribution in [0.25, 0.3) is 0 Å². The predicted molar refractivity (Wildman–Crippen MR) is 67.8 cm³/mol. The molecule has 5 heteroatoms. The van der Waals surface area contributed by atoms with E-state index < -0.39 is 11.1 Å². The molecule has 1 aromatic rings. The molecule has 1 heterocycles. The first kappa shape index (κ1) is 13.5. The summed E-state index contributed by atoms with van der Waals surface area (Å²) >= 11 is 0. The molecule has 1 aliphatic rings. The SMILES string of the molecule is COC(C)(C)c1noc(C2(N)CCC(C)CC2)n1. The van der Waals surface area contributed by atoms with Gasteiger partial charge in [-0.05, 0) is 45.4 Å². The highest BCUT2D eigenvalue weighted by molar-refractivity contribution is 5.07. The van der Waals surface area contributed by atoms with E-state index in [9.17, 15) is 0 Å². The highest BCUT2D eigenvalue weighted by Crippen LogP contribution is 2.37. The molecule has 18 heavy (non-hydrogen) atoms. The molecule has 1 fully saturated rings. The van der Waals surface area contributed by atoms with E-state index in [1.165, 1.54) is 0 Å². The summed E-state index contributed by atoms with van der Waals surface area (Å²) in [5.41, 5.74) is 5.41. The highest BCUT2D eigenvalue weighted by Gasteiger charge is 2.38. The van der Waals surface area contributed by atoms with Gasteiger partial charge in [0, 0.05) is 7.11 Å². The zero-order chi connectivity index (χ0) is 13.4. The second kappa shape index (κ2) is 4.63. The third kappa shape index (κ3) is 2.42. The average Bonchev–Trinajstić information content (AvgIpc) is 2.84. The van der Waals surface area contributed by atoms with Gasteiger partial charge in [-0.25, -0.2) is 0 Å². The summed E-state index contributed by atoms with van der Waals surface area (Å²) in [7, 11) is 1.64. The summed E-state index contributed by atoms with van der Waals surface area (Å²) < 4.78 is 10.7. The number of hydrogen-bond donors (Lipinski definition) is 1. The first-order valence-corrected chi connectivity index (χ1v) is 6.56. The van der Waals surface area contributed by atoms with Crippen molar-refractivity contribution in [1.82, 2.24) is 10.1 Å². The van der Waals surface area contributed by atoms with Crippen LogP contribution < -0.4 is 5.73 Å². The monoisotopic (exact) mass is 253 g/mol. The van der Waals surface area contributed by atoms with Crippen LogP contribution in [-0.2, 0) is 15.9 Å². The molecule has 0 atom stereocenters. The zero-order valence-electron chi connectivity index (χ0n) is 11.7. The normalized spacial score (nSPS) is 29.5. The summed E-state index contributed by atoms with van der Waals surface area (Å²) in [6, 6.07) is 0. The van der Waals surface area contributed by atoms with E-state index in [0.717, 1.165) is 31.6 Å². The quantitative estimate of drug-likeness (QED) is 0.894. The van der Waals surface area contributed by atoms with E-state index >= 15 is 0 Å². The van der Waals surface area contributed by atoms with Crippen molar-refractivity contribution < 1.29 is 9.26 Å². The Bertz CT molecular complexity index is 406. The maximum atomic E-state index is 6.40. The van der Waals surface area contributed by atoms with Crippen LogP contribution in [0.15, 0.2) is 4.52 Å². The van der Waals surface area contributed by atoms with Gasteiger partial charge < -0.3 is 15.0 Å². The molecular weight excluding hydrogens is 230 g/mol. The first-order valence-electron chi connectivity index (χ1n) is 6.56. The van der Waals surface area contributed by atoms with E-state index in [1.807, 2.05) is 13.8 Å². The van der Waals surface area contributed by atoms with Gasteiger partial charge in [0.05, 0.1) is 5.54 Å². The van der Waals surface area contributed by atoms with Gasteiger partial charge in [0.25, 0.3) is 0 Å². The molecule has 0 spiro atoms. The van der Waals surface area contributed by atoms with Crippen LogP contribution in [0, 0.1) is 5.92 Å². The molecular formula is C13H23N3O2. The van der Waals surface area contributed by atoms with Crippen LogP contribution in [0.5, 0.6) is 0 Å². The molecule has 0 amide bonds. The molecule has 0 radical (unpaired) electrons. The molecule has 2 rings (SSSR count). The van der Waals surface area contributed by atoms with Crippen molar-refractivity contribution in [3.8, 4) is 0 Å². The number of nitrogens with two attached hydrogens (primary N) is 1. The van der Waals surface area contributed by atoms with Crippen molar-refractivity contribution in [3.63, 3.8) is 0 Å². The van der Waals surface area contributed by atoms with Crippen molar-refractivity contribution in [3.05, 3.63) is 11.7 Å². The number of hydrogen-bond acceptors (Lipinski definition) is 5. The summed E-state index contributed by atoms with van der Waals surface area (Å²) in [4.78, 5) is 4.45. The molecule has 0 aromatic carbocycles. The molecule has 102 valence electrons. The van der Waals surface area contributed by atoms with Crippen molar-refractivity contribution in [2.24, 2.45) is 11.7 Å². The van der Waals surface area contributed by atoms with Gasteiger partial charge in [0.15, 0.2) is 0 Å². The summed E-state index contributed by atoms with van der Waals surface area (Å²) in [6.07, 6.45) is 4.04. The van der Waals surface area contributed by atoms with Gasteiger partial charge >= 0.3 is 0 Å². The maximum absolute atomic E-state index is 6.40. The van der Waals surface area contributed by atoms with E-state index in [0.29, 0.717) is 11.7 Å². The van der Waals surface area contributed by atoms with Crippen molar-refractivity contribution in [2.75, 3.05) is 7.11 Å². The van der Waals surface area contributed by atoms with E-state index in [4.69, 9.17) is 15.0 Å². The van der Waals surface area contributed by atoms with Crippen molar-refractivity contribution in [2.45, 2.75) is 57.6 Å².